The van der Waals surface area contributed by atoms with Crippen molar-refractivity contribution in [1.29, 1.82) is 0 Å². The Hall–Kier alpha value is -1.90. The second-order valence-electron chi connectivity index (χ2n) is 5.25. The molecule has 0 heterocycles. The van der Waals surface area contributed by atoms with E-state index >= 15 is 0 Å². The number of hydrogen-bond donors (Lipinski definition) is 1. The van der Waals surface area contributed by atoms with Gasteiger partial charge >= 0.3 is 0 Å². The Morgan fingerprint density at radius 3 is 2.65 bits per heavy atom. The van der Waals surface area contributed by atoms with Gasteiger partial charge in [-0.2, -0.15) is 0 Å². The van der Waals surface area contributed by atoms with Gasteiger partial charge in [-0.05, 0) is 60.6 Å². The van der Waals surface area contributed by atoms with Crippen molar-refractivity contribution in [3.8, 4) is 0 Å². The molecule has 2 aromatic rings. The standard InChI is InChI=1S/C17H17F2N/c18-15-9-8-12(10-16(15)19)11-20-17-7-3-5-13-4-1-2-6-14(13)17/h3,5,7-10,20H,1-2,4,6,11H2. The van der Waals surface area contributed by atoms with Crippen molar-refractivity contribution in [2.75, 3.05) is 5.32 Å². The average molecular weight is 273 g/mol. The Morgan fingerprint density at radius 2 is 1.80 bits per heavy atom. The number of nitrogens with one attached hydrogen (secondary N) is 1. The molecule has 0 atom stereocenters. The van der Waals surface area contributed by atoms with E-state index in [2.05, 4.69) is 23.5 Å². The van der Waals surface area contributed by atoms with Crippen molar-refractivity contribution in [2.24, 2.45) is 0 Å². The van der Waals surface area contributed by atoms with Crippen LogP contribution in [-0.2, 0) is 19.4 Å². The fraction of sp³-hybridized carbons (Fsp3) is 0.294. The van der Waals surface area contributed by atoms with Gasteiger partial charge in [0.05, 0.1) is 0 Å². The fourth-order valence-corrected chi connectivity index (χ4v) is 2.79. The molecule has 3 heteroatoms. The zero-order chi connectivity index (χ0) is 13.9. The second kappa shape index (κ2) is 5.61. The van der Waals surface area contributed by atoms with Gasteiger partial charge in [0.1, 0.15) is 0 Å². The number of rotatable bonds is 3. The first-order chi connectivity index (χ1) is 9.74. The van der Waals surface area contributed by atoms with Crippen LogP contribution in [0.15, 0.2) is 36.4 Å². The van der Waals surface area contributed by atoms with E-state index in [1.54, 1.807) is 6.07 Å². The summed E-state index contributed by atoms with van der Waals surface area (Å²) in [5, 5.41) is 3.35. The number of aryl methyl sites for hydroxylation is 1. The summed E-state index contributed by atoms with van der Waals surface area (Å²) in [7, 11) is 0. The third-order valence-electron chi connectivity index (χ3n) is 3.86. The Kier molecular flexibility index (Phi) is 3.68. The van der Waals surface area contributed by atoms with E-state index in [4.69, 9.17) is 0 Å². The van der Waals surface area contributed by atoms with Gasteiger partial charge in [-0.25, -0.2) is 8.78 Å². The molecule has 1 aliphatic rings. The minimum Gasteiger partial charge on any atom is -0.381 e. The number of fused-ring (bicyclic) bond motifs is 1. The first kappa shape index (κ1) is 13.1. The van der Waals surface area contributed by atoms with Gasteiger partial charge in [-0.15, -0.1) is 0 Å². The van der Waals surface area contributed by atoms with Crippen LogP contribution < -0.4 is 5.32 Å². The van der Waals surface area contributed by atoms with Crippen molar-refractivity contribution in [2.45, 2.75) is 32.2 Å². The molecule has 0 aliphatic heterocycles. The van der Waals surface area contributed by atoms with Crippen LogP contribution in [0.5, 0.6) is 0 Å². The van der Waals surface area contributed by atoms with Gasteiger partial charge in [0.2, 0.25) is 0 Å². The molecule has 20 heavy (non-hydrogen) atoms. The number of hydrogen-bond acceptors (Lipinski definition) is 1. The summed E-state index contributed by atoms with van der Waals surface area (Å²) in [5.41, 5.74) is 4.65. The Bertz CT molecular complexity index is 622. The highest BCUT2D eigenvalue weighted by molar-refractivity contribution is 5.55. The normalized spacial score (nSPS) is 13.9. The van der Waals surface area contributed by atoms with E-state index < -0.39 is 11.6 Å². The van der Waals surface area contributed by atoms with Crippen molar-refractivity contribution >= 4 is 5.69 Å². The van der Waals surface area contributed by atoms with Gasteiger partial charge in [0.25, 0.3) is 0 Å². The van der Waals surface area contributed by atoms with Crippen LogP contribution in [0, 0.1) is 11.6 Å². The van der Waals surface area contributed by atoms with Crippen molar-refractivity contribution in [1.82, 2.24) is 0 Å². The Morgan fingerprint density at radius 1 is 0.950 bits per heavy atom. The SMILES string of the molecule is Fc1ccc(CNc2cccc3c2CCCC3)cc1F. The smallest absolute Gasteiger partial charge is 0.159 e. The Balaban J connectivity index is 1.76. The molecule has 0 radical (unpaired) electrons. The van der Waals surface area contributed by atoms with E-state index in [1.807, 2.05) is 0 Å². The van der Waals surface area contributed by atoms with Crippen LogP contribution in [0.2, 0.25) is 0 Å². The van der Waals surface area contributed by atoms with E-state index in [9.17, 15) is 8.78 Å². The van der Waals surface area contributed by atoms with E-state index in [0.717, 1.165) is 24.1 Å². The highest BCUT2D eigenvalue weighted by Gasteiger charge is 2.12. The van der Waals surface area contributed by atoms with Crippen molar-refractivity contribution < 1.29 is 8.78 Å². The van der Waals surface area contributed by atoms with Gasteiger partial charge in [0, 0.05) is 12.2 Å². The topological polar surface area (TPSA) is 12.0 Å². The molecule has 0 fully saturated rings. The lowest BCUT2D eigenvalue weighted by molar-refractivity contribution is 0.507. The third-order valence-corrected chi connectivity index (χ3v) is 3.86. The largest absolute Gasteiger partial charge is 0.381 e. The summed E-state index contributed by atoms with van der Waals surface area (Å²) in [6.07, 6.45) is 4.70. The molecule has 3 rings (SSSR count). The molecule has 0 bridgehead atoms. The lowest BCUT2D eigenvalue weighted by Crippen LogP contribution is -2.08. The quantitative estimate of drug-likeness (QED) is 0.870. The molecule has 1 nitrogen and oxygen atoms in total. The van der Waals surface area contributed by atoms with Crippen molar-refractivity contribution in [3.63, 3.8) is 0 Å². The zero-order valence-electron chi connectivity index (χ0n) is 11.3. The summed E-state index contributed by atoms with van der Waals surface area (Å²) >= 11 is 0. The van der Waals surface area contributed by atoms with Crippen LogP contribution in [-0.4, -0.2) is 0 Å². The molecule has 0 aromatic heterocycles. The molecule has 0 spiro atoms. The first-order valence-corrected chi connectivity index (χ1v) is 7.02. The van der Waals surface area contributed by atoms with Gasteiger partial charge in [-0.1, -0.05) is 18.2 Å². The summed E-state index contributed by atoms with van der Waals surface area (Å²) in [4.78, 5) is 0. The van der Waals surface area contributed by atoms with Crippen molar-refractivity contribution in [3.05, 3.63) is 64.7 Å². The third kappa shape index (κ3) is 2.67. The van der Waals surface area contributed by atoms with E-state index in [0.29, 0.717) is 6.54 Å². The van der Waals surface area contributed by atoms with Gasteiger partial charge in [0.15, 0.2) is 11.6 Å². The van der Waals surface area contributed by atoms with Crippen LogP contribution in [0.4, 0.5) is 14.5 Å². The van der Waals surface area contributed by atoms with Gasteiger partial charge < -0.3 is 5.32 Å². The Labute approximate surface area is 117 Å². The predicted octanol–water partition coefficient (Wildman–Crippen LogP) is 4.46. The molecule has 0 unspecified atom stereocenters. The summed E-state index contributed by atoms with van der Waals surface area (Å²) in [6, 6.07) is 10.3. The van der Waals surface area contributed by atoms with Gasteiger partial charge in [-0.3, -0.25) is 0 Å². The van der Waals surface area contributed by atoms with E-state index in [-0.39, 0.29) is 0 Å². The maximum Gasteiger partial charge on any atom is 0.159 e. The molecule has 1 N–H and O–H groups in total. The number of halogens is 2. The molecular weight excluding hydrogens is 256 g/mol. The highest BCUT2D eigenvalue weighted by atomic mass is 19.2. The van der Waals surface area contributed by atoms with Crippen LogP contribution >= 0.6 is 0 Å². The van der Waals surface area contributed by atoms with Crippen LogP contribution in [0.3, 0.4) is 0 Å². The fourth-order valence-electron chi connectivity index (χ4n) is 2.79. The molecule has 0 amide bonds. The lowest BCUT2D eigenvalue weighted by atomic mass is 9.90. The molecule has 1 aliphatic carbocycles. The first-order valence-electron chi connectivity index (χ1n) is 7.02. The van der Waals surface area contributed by atoms with Crippen LogP contribution in [0.25, 0.3) is 0 Å². The van der Waals surface area contributed by atoms with Crippen LogP contribution in [0.1, 0.15) is 29.5 Å². The highest BCUT2D eigenvalue weighted by Crippen LogP contribution is 2.28. The van der Waals surface area contributed by atoms with E-state index in [1.165, 1.54) is 36.1 Å². The maximum absolute atomic E-state index is 13.2. The molecule has 104 valence electrons. The minimum absolute atomic E-state index is 0.508. The predicted molar refractivity (Wildman–Crippen MR) is 76.8 cm³/mol. The lowest BCUT2D eigenvalue weighted by Gasteiger charge is -2.20. The second-order valence-corrected chi connectivity index (χ2v) is 5.25. The average Bonchev–Trinajstić information content (AvgIpc) is 2.48. The maximum atomic E-state index is 13.2. The minimum atomic E-state index is -0.800. The number of anilines is 1. The monoisotopic (exact) mass is 273 g/mol. The summed E-state index contributed by atoms with van der Waals surface area (Å²) in [6.45, 7) is 0.508. The molecule has 0 saturated carbocycles. The molecule has 2 aromatic carbocycles. The summed E-state index contributed by atoms with van der Waals surface area (Å²) < 4.78 is 26.1. The zero-order valence-corrected chi connectivity index (χ0v) is 11.3. The molecular formula is C17H17F2N. The summed E-state index contributed by atoms with van der Waals surface area (Å²) in [5.74, 6) is -1.59. The molecule has 0 saturated heterocycles. The number of benzene rings is 2.